The van der Waals surface area contributed by atoms with Crippen LogP contribution in [-0.4, -0.2) is 21.3 Å². The molecule has 3 N–H and O–H groups in total. The molecule has 136 valence electrons. The van der Waals surface area contributed by atoms with Gasteiger partial charge in [0, 0.05) is 10.9 Å². The maximum absolute atomic E-state index is 13.0. The van der Waals surface area contributed by atoms with Crippen LogP contribution in [0, 0.1) is 5.82 Å². The number of benzene rings is 1. The third-order valence-corrected chi connectivity index (χ3v) is 5.38. The van der Waals surface area contributed by atoms with Gasteiger partial charge in [-0.3, -0.25) is 9.79 Å². The van der Waals surface area contributed by atoms with Crippen LogP contribution in [0.2, 0.25) is 0 Å². The van der Waals surface area contributed by atoms with Gasteiger partial charge in [-0.25, -0.2) is 9.37 Å². The molecule has 7 heteroatoms. The Bertz CT molecular complexity index is 840. The lowest BCUT2D eigenvalue weighted by Gasteiger charge is -2.36. The van der Waals surface area contributed by atoms with Crippen molar-refractivity contribution in [2.24, 2.45) is 10.7 Å². The average Bonchev–Trinajstić information content (AvgIpc) is 2.61. The molecule has 2 heterocycles. The zero-order valence-corrected chi connectivity index (χ0v) is 15.5. The van der Waals surface area contributed by atoms with Crippen LogP contribution in [-0.2, 0) is 5.54 Å². The number of amidine groups is 1. The van der Waals surface area contributed by atoms with Crippen LogP contribution in [0.1, 0.15) is 42.7 Å². The molecule has 1 aromatic heterocycles. The van der Waals surface area contributed by atoms with E-state index in [9.17, 15) is 9.18 Å². The molecule has 2 unspecified atom stereocenters. The standard InChI is InChI=1S/C19H21FN4OS/c1-3-19(10-12(2)26-18(21)24-19)13-5-4-6-15(9-13)23-17(25)16-8-7-14(20)11-22-16/h4-9,11-12H,3,10H2,1-2H3,(H2,21,24)(H,23,25). The fraction of sp³-hybridized carbons (Fsp3) is 0.316. The minimum absolute atomic E-state index is 0.159. The minimum atomic E-state index is -0.479. The van der Waals surface area contributed by atoms with Gasteiger partial charge in [-0.1, -0.05) is 37.7 Å². The second-order valence-corrected chi connectivity index (χ2v) is 7.82. The van der Waals surface area contributed by atoms with Gasteiger partial charge in [0.1, 0.15) is 11.5 Å². The molecule has 0 aliphatic carbocycles. The molecule has 0 saturated carbocycles. The number of amides is 1. The number of nitrogens with two attached hydrogens (primary N) is 1. The predicted octanol–water partition coefficient (Wildman–Crippen LogP) is 3.92. The first-order valence-corrected chi connectivity index (χ1v) is 9.35. The number of thioether (sulfide) groups is 1. The lowest BCUT2D eigenvalue weighted by molar-refractivity contribution is 0.102. The van der Waals surface area contributed by atoms with Gasteiger partial charge in [0.15, 0.2) is 5.17 Å². The topological polar surface area (TPSA) is 80.4 Å². The summed E-state index contributed by atoms with van der Waals surface area (Å²) >= 11 is 1.59. The molecule has 1 amide bonds. The van der Waals surface area contributed by atoms with E-state index in [0.717, 1.165) is 24.6 Å². The Morgan fingerprint density at radius 3 is 2.88 bits per heavy atom. The van der Waals surface area contributed by atoms with Crippen LogP contribution in [0.15, 0.2) is 47.6 Å². The van der Waals surface area contributed by atoms with Gasteiger partial charge < -0.3 is 11.1 Å². The molecular formula is C19H21FN4OS. The minimum Gasteiger partial charge on any atom is -0.379 e. The second kappa shape index (κ2) is 7.45. The maximum Gasteiger partial charge on any atom is 0.274 e. The first kappa shape index (κ1) is 18.4. The Morgan fingerprint density at radius 2 is 2.23 bits per heavy atom. The van der Waals surface area contributed by atoms with Crippen molar-refractivity contribution in [3.05, 3.63) is 59.7 Å². The average molecular weight is 372 g/mol. The summed E-state index contributed by atoms with van der Waals surface area (Å²) in [5, 5.41) is 3.77. The summed E-state index contributed by atoms with van der Waals surface area (Å²) in [6.07, 6.45) is 2.72. The molecule has 5 nitrogen and oxygen atoms in total. The first-order chi connectivity index (χ1) is 12.4. The lowest BCUT2D eigenvalue weighted by atomic mass is 9.83. The molecule has 1 aromatic carbocycles. The molecule has 26 heavy (non-hydrogen) atoms. The van der Waals surface area contributed by atoms with Crippen LogP contribution in [0.3, 0.4) is 0 Å². The highest BCUT2D eigenvalue weighted by Crippen LogP contribution is 2.42. The predicted molar refractivity (Wildman–Crippen MR) is 104 cm³/mol. The molecule has 3 rings (SSSR count). The summed E-state index contributed by atoms with van der Waals surface area (Å²) in [6.45, 7) is 4.23. The summed E-state index contributed by atoms with van der Waals surface area (Å²) < 4.78 is 13.0. The normalized spacial score (nSPS) is 22.6. The van der Waals surface area contributed by atoms with Crippen molar-refractivity contribution in [2.45, 2.75) is 37.5 Å². The van der Waals surface area contributed by atoms with E-state index in [4.69, 9.17) is 10.7 Å². The second-order valence-electron chi connectivity index (χ2n) is 6.36. The van der Waals surface area contributed by atoms with E-state index in [1.807, 2.05) is 24.3 Å². The quantitative estimate of drug-likeness (QED) is 0.852. The van der Waals surface area contributed by atoms with E-state index in [1.165, 1.54) is 12.1 Å². The van der Waals surface area contributed by atoms with Crippen LogP contribution >= 0.6 is 11.8 Å². The van der Waals surface area contributed by atoms with Crippen molar-refractivity contribution in [3.8, 4) is 0 Å². The fourth-order valence-corrected chi connectivity index (χ4v) is 4.21. The van der Waals surface area contributed by atoms with Gasteiger partial charge in [0.2, 0.25) is 0 Å². The van der Waals surface area contributed by atoms with Gasteiger partial charge in [0.25, 0.3) is 5.91 Å². The van der Waals surface area contributed by atoms with Gasteiger partial charge >= 0.3 is 0 Å². The highest BCUT2D eigenvalue weighted by molar-refractivity contribution is 8.14. The zero-order valence-electron chi connectivity index (χ0n) is 14.7. The zero-order chi connectivity index (χ0) is 18.7. The summed E-state index contributed by atoms with van der Waals surface area (Å²) in [4.78, 5) is 20.9. The number of nitrogens with zero attached hydrogens (tertiary/aromatic N) is 2. The van der Waals surface area contributed by atoms with E-state index in [1.54, 1.807) is 11.8 Å². The smallest absolute Gasteiger partial charge is 0.274 e. The Balaban J connectivity index is 1.87. The third kappa shape index (κ3) is 3.88. The molecule has 1 aliphatic heterocycles. The number of halogens is 1. The van der Waals surface area contributed by atoms with Gasteiger partial charge in [-0.2, -0.15) is 0 Å². The van der Waals surface area contributed by atoms with Crippen molar-refractivity contribution < 1.29 is 9.18 Å². The largest absolute Gasteiger partial charge is 0.379 e. The third-order valence-electron chi connectivity index (χ3n) is 4.47. The Morgan fingerprint density at radius 1 is 1.42 bits per heavy atom. The maximum atomic E-state index is 13.0. The number of hydrogen-bond donors (Lipinski definition) is 2. The Labute approximate surface area is 156 Å². The van der Waals surface area contributed by atoms with Crippen molar-refractivity contribution in [2.75, 3.05) is 5.32 Å². The monoisotopic (exact) mass is 372 g/mol. The van der Waals surface area contributed by atoms with E-state index >= 15 is 0 Å². The number of nitrogens with one attached hydrogen (secondary N) is 1. The number of pyridine rings is 1. The number of rotatable bonds is 4. The van der Waals surface area contributed by atoms with Crippen molar-refractivity contribution in [3.63, 3.8) is 0 Å². The lowest BCUT2D eigenvalue weighted by Crippen LogP contribution is -2.34. The molecule has 0 bridgehead atoms. The summed E-state index contributed by atoms with van der Waals surface area (Å²) in [7, 11) is 0. The summed E-state index contributed by atoms with van der Waals surface area (Å²) in [5.41, 5.74) is 7.46. The van der Waals surface area contributed by atoms with Crippen LogP contribution in [0.25, 0.3) is 0 Å². The number of anilines is 1. The van der Waals surface area contributed by atoms with E-state index in [0.29, 0.717) is 16.1 Å². The molecule has 0 spiro atoms. The van der Waals surface area contributed by atoms with Crippen LogP contribution in [0.5, 0.6) is 0 Å². The molecule has 2 atom stereocenters. The number of carbonyl (C=O) groups is 1. The Hall–Kier alpha value is -2.41. The van der Waals surface area contributed by atoms with Gasteiger partial charge in [-0.15, -0.1) is 0 Å². The van der Waals surface area contributed by atoms with Crippen molar-refractivity contribution in [1.82, 2.24) is 4.98 Å². The van der Waals surface area contributed by atoms with E-state index < -0.39 is 5.82 Å². The van der Waals surface area contributed by atoms with Crippen LogP contribution in [0.4, 0.5) is 10.1 Å². The van der Waals surface area contributed by atoms with E-state index in [-0.39, 0.29) is 17.1 Å². The highest BCUT2D eigenvalue weighted by Gasteiger charge is 2.36. The van der Waals surface area contributed by atoms with Gasteiger partial charge in [-0.05, 0) is 42.7 Å². The fourth-order valence-electron chi connectivity index (χ4n) is 3.21. The van der Waals surface area contributed by atoms with Crippen molar-refractivity contribution >= 4 is 28.5 Å². The Kier molecular flexibility index (Phi) is 5.27. The van der Waals surface area contributed by atoms with Crippen LogP contribution < -0.4 is 11.1 Å². The molecule has 0 fully saturated rings. The molecular weight excluding hydrogens is 351 g/mol. The number of aromatic nitrogens is 1. The highest BCUT2D eigenvalue weighted by atomic mass is 32.2. The van der Waals surface area contributed by atoms with Crippen molar-refractivity contribution in [1.29, 1.82) is 0 Å². The number of aliphatic imine (C=N–C) groups is 1. The molecule has 2 aromatic rings. The summed E-state index contributed by atoms with van der Waals surface area (Å²) in [5.74, 6) is -0.864. The molecule has 0 saturated heterocycles. The SMILES string of the molecule is CCC1(c2cccc(NC(=O)c3ccc(F)cn3)c2)CC(C)SC(N)=N1. The van der Waals surface area contributed by atoms with Gasteiger partial charge in [0.05, 0.1) is 11.7 Å². The van der Waals surface area contributed by atoms with E-state index in [2.05, 4.69) is 24.1 Å². The first-order valence-electron chi connectivity index (χ1n) is 8.47. The number of hydrogen-bond acceptors (Lipinski definition) is 5. The number of carbonyl (C=O) groups excluding carboxylic acids is 1. The molecule has 0 radical (unpaired) electrons. The molecule has 1 aliphatic rings. The summed E-state index contributed by atoms with van der Waals surface area (Å²) in [6, 6.07) is 10.2.